The fraction of sp³-hybridized carbons (Fsp3) is 0.478. The summed E-state index contributed by atoms with van der Waals surface area (Å²) in [6.07, 6.45) is 1.91. The second-order valence-electron chi connectivity index (χ2n) is 7.80. The number of carbonyl (C=O) groups is 4. The highest BCUT2D eigenvalue weighted by molar-refractivity contribution is 6.01. The van der Waals surface area contributed by atoms with Crippen LogP contribution in [0.2, 0.25) is 0 Å². The first-order valence-corrected chi connectivity index (χ1v) is 10.1. The summed E-state index contributed by atoms with van der Waals surface area (Å²) >= 11 is 0. The summed E-state index contributed by atoms with van der Waals surface area (Å²) in [5, 5.41) is 0. The summed E-state index contributed by atoms with van der Waals surface area (Å²) in [5.41, 5.74) is 1.03. The quantitative estimate of drug-likeness (QED) is 0.278. The van der Waals surface area contributed by atoms with Crippen molar-refractivity contribution in [3.05, 3.63) is 47.0 Å². The van der Waals surface area contributed by atoms with Crippen LogP contribution < -0.4 is 0 Å². The van der Waals surface area contributed by atoms with Crippen LogP contribution in [0.15, 0.2) is 30.4 Å². The van der Waals surface area contributed by atoms with Gasteiger partial charge in [0.1, 0.15) is 24.9 Å². The molecule has 3 atom stereocenters. The molecule has 0 aromatic heterocycles. The number of ether oxygens (including phenoxy) is 5. The fourth-order valence-corrected chi connectivity index (χ4v) is 4.11. The highest BCUT2D eigenvalue weighted by Gasteiger charge is 2.52. The summed E-state index contributed by atoms with van der Waals surface area (Å²) in [5.74, 6) is -2.22. The number of hydrogen-bond donors (Lipinski definition) is 0. The lowest BCUT2D eigenvalue weighted by molar-refractivity contribution is -0.168. The highest BCUT2D eigenvalue weighted by atomic mass is 16.6. The van der Waals surface area contributed by atoms with Crippen LogP contribution in [0.1, 0.15) is 36.6 Å². The molecule has 0 radical (unpaired) electrons. The van der Waals surface area contributed by atoms with Gasteiger partial charge in [0.2, 0.25) is 0 Å². The fourth-order valence-electron chi connectivity index (χ4n) is 4.11. The van der Waals surface area contributed by atoms with Gasteiger partial charge >= 0.3 is 23.9 Å². The van der Waals surface area contributed by atoms with Crippen LogP contribution in [0.4, 0.5) is 0 Å². The first-order valence-electron chi connectivity index (χ1n) is 10.1. The van der Waals surface area contributed by atoms with E-state index >= 15 is 0 Å². The number of esters is 4. The van der Waals surface area contributed by atoms with Crippen LogP contribution >= 0.6 is 0 Å². The maximum Gasteiger partial charge on any atom is 0.323 e. The molecular weight excluding hydrogens is 420 g/mol. The Labute approximate surface area is 185 Å². The molecule has 0 unspecified atom stereocenters. The summed E-state index contributed by atoms with van der Waals surface area (Å²) in [6.45, 7) is 2.50. The van der Waals surface area contributed by atoms with E-state index in [0.717, 1.165) is 16.7 Å². The molecule has 9 heteroatoms. The van der Waals surface area contributed by atoms with Gasteiger partial charge in [0.05, 0.1) is 14.2 Å². The van der Waals surface area contributed by atoms with E-state index in [0.29, 0.717) is 0 Å². The summed E-state index contributed by atoms with van der Waals surface area (Å²) < 4.78 is 26.1. The molecule has 0 saturated heterocycles. The van der Waals surface area contributed by atoms with Crippen molar-refractivity contribution in [3.8, 4) is 0 Å². The van der Waals surface area contributed by atoms with Crippen LogP contribution in [0, 0.1) is 5.41 Å². The Balaban J connectivity index is 1.85. The van der Waals surface area contributed by atoms with Gasteiger partial charge in [-0.05, 0) is 35.6 Å². The van der Waals surface area contributed by atoms with Crippen LogP contribution in [-0.4, -0.2) is 56.9 Å². The second kappa shape index (κ2) is 9.52. The van der Waals surface area contributed by atoms with Gasteiger partial charge in [-0.1, -0.05) is 24.3 Å². The van der Waals surface area contributed by atoms with Crippen LogP contribution in [0.3, 0.4) is 0 Å². The molecule has 1 heterocycles. The van der Waals surface area contributed by atoms with E-state index < -0.39 is 47.6 Å². The lowest BCUT2D eigenvalue weighted by Gasteiger charge is -2.31. The molecule has 1 aliphatic carbocycles. The normalized spacial score (nSPS) is 23.1. The Hall–Kier alpha value is -3.20. The van der Waals surface area contributed by atoms with Gasteiger partial charge in [0, 0.05) is 13.8 Å². The third-order valence-corrected chi connectivity index (χ3v) is 5.61. The molecule has 1 aromatic rings. The average molecular weight is 446 g/mol. The molecule has 0 spiro atoms. The number of methoxy groups -OCH3 is 2. The minimum Gasteiger partial charge on any atom is -0.468 e. The predicted octanol–water partition coefficient (Wildman–Crippen LogP) is 1.61. The predicted molar refractivity (Wildman–Crippen MR) is 109 cm³/mol. The highest BCUT2D eigenvalue weighted by Crippen LogP contribution is 2.41. The number of carbonyl (C=O) groups excluding carboxylic acids is 4. The SMILES string of the molecule is COC(=O)C1(C(=O)OC)Cc2ccc([C@@H]3C=C[C@@H](OC(C)=O)[C@@H](COC(C)=O)O3)cc2C1. The summed E-state index contributed by atoms with van der Waals surface area (Å²) in [7, 11) is 2.48. The van der Waals surface area contributed by atoms with Crippen molar-refractivity contribution in [2.45, 2.75) is 45.0 Å². The molecule has 3 rings (SSSR count). The number of fused-ring (bicyclic) bond motifs is 1. The topological polar surface area (TPSA) is 114 Å². The van der Waals surface area contributed by atoms with Gasteiger partial charge in [-0.3, -0.25) is 19.2 Å². The number of rotatable bonds is 6. The van der Waals surface area contributed by atoms with E-state index in [4.69, 9.17) is 23.7 Å². The van der Waals surface area contributed by atoms with Crippen LogP contribution in [0.25, 0.3) is 0 Å². The lowest BCUT2D eigenvalue weighted by Crippen LogP contribution is -2.42. The maximum absolute atomic E-state index is 12.4. The van der Waals surface area contributed by atoms with E-state index in [1.807, 2.05) is 18.2 Å². The molecule has 9 nitrogen and oxygen atoms in total. The molecule has 0 bridgehead atoms. The first kappa shape index (κ1) is 23.5. The van der Waals surface area contributed by atoms with Gasteiger partial charge in [0.25, 0.3) is 0 Å². The molecule has 0 saturated carbocycles. The molecule has 2 aliphatic rings. The molecule has 0 fully saturated rings. The van der Waals surface area contributed by atoms with Gasteiger partial charge in [-0.2, -0.15) is 0 Å². The largest absolute Gasteiger partial charge is 0.468 e. The van der Waals surface area contributed by atoms with Crippen molar-refractivity contribution in [3.63, 3.8) is 0 Å². The average Bonchev–Trinajstić information content (AvgIpc) is 3.16. The van der Waals surface area contributed by atoms with Gasteiger partial charge < -0.3 is 23.7 Å². The van der Waals surface area contributed by atoms with Crippen molar-refractivity contribution in [1.29, 1.82) is 0 Å². The van der Waals surface area contributed by atoms with Gasteiger partial charge in [-0.15, -0.1) is 0 Å². The standard InChI is InChI=1S/C23H26O9/c1-13(24)30-12-20-19(31-14(2)25)8-7-18(32-20)15-5-6-16-10-23(21(26)28-3,22(27)29-4)11-17(16)9-15/h5-9,18-20H,10-12H2,1-4H3/t18-,19+,20+/m0/s1. The van der Waals surface area contributed by atoms with Crippen molar-refractivity contribution in [1.82, 2.24) is 0 Å². The van der Waals surface area contributed by atoms with Crippen molar-refractivity contribution < 1.29 is 42.9 Å². The zero-order chi connectivity index (χ0) is 23.5. The Morgan fingerprint density at radius 3 is 2.22 bits per heavy atom. The lowest BCUT2D eigenvalue weighted by atomic mass is 9.85. The smallest absolute Gasteiger partial charge is 0.323 e. The Morgan fingerprint density at radius 1 is 0.969 bits per heavy atom. The molecule has 32 heavy (non-hydrogen) atoms. The van der Waals surface area contributed by atoms with Crippen LogP contribution in [-0.2, 0) is 55.7 Å². The molecule has 172 valence electrons. The van der Waals surface area contributed by atoms with Gasteiger partial charge in [0.15, 0.2) is 5.41 Å². The zero-order valence-corrected chi connectivity index (χ0v) is 18.4. The van der Waals surface area contributed by atoms with Crippen molar-refractivity contribution in [2.75, 3.05) is 20.8 Å². The maximum atomic E-state index is 12.4. The molecule has 1 aromatic carbocycles. The van der Waals surface area contributed by atoms with E-state index in [2.05, 4.69) is 0 Å². The second-order valence-corrected chi connectivity index (χ2v) is 7.80. The Bertz CT molecular complexity index is 933. The summed E-state index contributed by atoms with van der Waals surface area (Å²) in [4.78, 5) is 47.5. The molecule has 0 amide bonds. The van der Waals surface area contributed by atoms with E-state index in [-0.39, 0.29) is 19.4 Å². The van der Waals surface area contributed by atoms with Crippen molar-refractivity contribution >= 4 is 23.9 Å². The third-order valence-electron chi connectivity index (χ3n) is 5.61. The third kappa shape index (κ3) is 4.67. The van der Waals surface area contributed by atoms with Crippen molar-refractivity contribution in [2.24, 2.45) is 5.41 Å². The van der Waals surface area contributed by atoms with E-state index in [1.54, 1.807) is 12.2 Å². The Morgan fingerprint density at radius 2 is 1.62 bits per heavy atom. The minimum atomic E-state index is -1.41. The molecule has 0 N–H and O–H groups in total. The van der Waals surface area contributed by atoms with E-state index in [9.17, 15) is 19.2 Å². The minimum absolute atomic E-state index is 0.0765. The summed E-state index contributed by atoms with van der Waals surface area (Å²) in [6, 6.07) is 5.55. The van der Waals surface area contributed by atoms with Gasteiger partial charge in [-0.25, -0.2) is 0 Å². The number of benzene rings is 1. The monoisotopic (exact) mass is 446 g/mol. The first-order chi connectivity index (χ1) is 15.2. The zero-order valence-electron chi connectivity index (χ0n) is 18.4. The molecular formula is C23H26O9. The van der Waals surface area contributed by atoms with E-state index in [1.165, 1.54) is 28.1 Å². The molecule has 1 aliphatic heterocycles. The van der Waals surface area contributed by atoms with Crippen LogP contribution in [0.5, 0.6) is 0 Å². The number of hydrogen-bond acceptors (Lipinski definition) is 9. The Kier molecular flexibility index (Phi) is 6.98.